The fourth-order valence-electron chi connectivity index (χ4n) is 2.53. The number of halogens is 3. The monoisotopic (exact) mass is 363 g/mol. The number of hydrogen-bond acceptors (Lipinski definition) is 4. The highest BCUT2D eigenvalue weighted by atomic mass is 19.4. The first kappa shape index (κ1) is 17.6. The molecule has 0 saturated heterocycles. The van der Waals surface area contributed by atoms with Crippen molar-refractivity contribution in [2.24, 2.45) is 7.05 Å². The van der Waals surface area contributed by atoms with Gasteiger partial charge < -0.3 is 0 Å². The third-order valence-electron chi connectivity index (χ3n) is 3.87. The number of nitrogens with zero attached hydrogens (tertiary/aromatic N) is 3. The third kappa shape index (κ3) is 3.03. The van der Waals surface area contributed by atoms with Crippen LogP contribution in [0.2, 0.25) is 0 Å². The van der Waals surface area contributed by atoms with Crippen LogP contribution < -0.4 is 11.2 Å². The van der Waals surface area contributed by atoms with Gasteiger partial charge in [0.2, 0.25) is 0 Å². The molecule has 2 aromatic heterocycles. The maximum atomic E-state index is 12.8. The number of fused-ring (bicyclic) bond motifs is 1. The summed E-state index contributed by atoms with van der Waals surface area (Å²) in [5.74, 6) is -0.468. The molecule has 0 atom stereocenters. The average Bonchev–Trinajstić information content (AvgIpc) is 2.62. The van der Waals surface area contributed by atoms with Crippen molar-refractivity contribution >= 4 is 16.8 Å². The zero-order valence-corrected chi connectivity index (χ0v) is 13.4. The SMILES string of the molecule is Cn1c(=O)n(CC(=O)c2ccccc2)c(=O)c2ccc(C(F)(F)F)nc21. The number of aromatic nitrogens is 3. The summed E-state index contributed by atoms with van der Waals surface area (Å²) in [6.07, 6.45) is -4.71. The highest BCUT2D eigenvalue weighted by Gasteiger charge is 2.33. The molecule has 0 amide bonds. The van der Waals surface area contributed by atoms with E-state index in [9.17, 15) is 27.6 Å². The number of carbonyl (C=O) groups is 1. The van der Waals surface area contributed by atoms with E-state index in [1.807, 2.05) is 0 Å². The summed E-state index contributed by atoms with van der Waals surface area (Å²) >= 11 is 0. The summed E-state index contributed by atoms with van der Waals surface area (Å²) in [6, 6.07) is 9.68. The van der Waals surface area contributed by atoms with Gasteiger partial charge in [-0.15, -0.1) is 0 Å². The molecule has 0 fully saturated rings. The summed E-state index contributed by atoms with van der Waals surface area (Å²) in [7, 11) is 1.20. The molecule has 0 aliphatic carbocycles. The van der Waals surface area contributed by atoms with Gasteiger partial charge in [-0.3, -0.25) is 18.7 Å². The Kier molecular flexibility index (Phi) is 4.23. The minimum absolute atomic E-state index is 0.180. The van der Waals surface area contributed by atoms with Crippen molar-refractivity contribution in [3.05, 3.63) is 74.6 Å². The Bertz CT molecular complexity index is 1120. The van der Waals surface area contributed by atoms with E-state index in [1.165, 1.54) is 19.2 Å². The third-order valence-corrected chi connectivity index (χ3v) is 3.87. The van der Waals surface area contributed by atoms with Crippen molar-refractivity contribution in [1.29, 1.82) is 0 Å². The van der Waals surface area contributed by atoms with Gasteiger partial charge in [-0.05, 0) is 12.1 Å². The van der Waals surface area contributed by atoms with Gasteiger partial charge in [-0.1, -0.05) is 30.3 Å². The first-order chi connectivity index (χ1) is 12.2. The van der Waals surface area contributed by atoms with E-state index in [1.54, 1.807) is 18.2 Å². The zero-order valence-electron chi connectivity index (χ0n) is 13.4. The Morgan fingerprint density at radius 1 is 1.08 bits per heavy atom. The molecule has 0 saturated carbocycles. The van der Waals surface area contributed by atoms with Gasteiger partial charge in [0.15, 0.2) is 5.78 Å². The van der Waals surface area contributed by atoms with Crippen molar-refractivity contribution in [1.82, 2.24) is 14.1 Å². The molecule has 0 N–H and O–H groups in total. The summed E-state index contributed by atoms with van der Waals surface area (Å²) in [5.41, 5.74) is -3.07. The average molecular weight is 363 g/mol. The molecule has 6 nitrogen and oxygen atoms in total. The fourth-order valence-corrected chi connectivity index (χ4v) is 2.53. The zero-order chi connectivity index (χ0) is 19.1. The second-order valence-electron chi connectivity index (χ2n) is 5.59. The van der Waals surface area contributed by atoms with Crippen LogP contribution in [0.25, 0.3) is 11.0 Å². The standard InChI is InChI=1S/C17H12F3N3O3/c1-22-14-11(7-8-13(21-14)17(18,19)20)15(25)23(16(22)26)9-12(24)10-5-3-2-4-6-10/h2-8H,9H2,1H3. The Balaban J connectivity index is 2.15. The predicted molar refractivity (Wildman–Crippen MR) is 87.0 cm³/mol. The van der Waals surface area contributed by atoms with E-state index >= 15 is 0 Å². The van der Waals surface area contributed by atoms with Crippen molar-refractivity contribution in [3.8, 4) is 0 Å². The molecule has 0 spiro atoms. The van der Waals surface area contributed by atoms with Gasteiger partial charge in [0.05, 0.1) is 11.9 Å². The van der Waals surface area contributed by atoms with E-state index in [4.69, 9.17) is 0 Å². The Morgan fingerprint density at radius 3 is 2.35 bits per heavy atom. The van der Waals surface area contributed by atoms with Gasteiger partial charge in [-0.2, -0.15) is 13.2 Å². The van der Waals surface area contributed by atoms with Crippen molar-refractivity contribution in [3.63, 3.8) is 0 Å². The molecular weight excluding hydrogens is 351 g/mol. The molecule has 0 unspecified atom stereocenters. The van der Waals surface area contributed by atoms with E-state index < -0.39 is 41.1 Å². The predicted octanol–water partition coefficient (Wildman–Crippen LogP) is 2.00. The Labute approximate surface area is 144 Å². The van der Waals surface area contributed by atoms with Crippen LogP contribution in [0.15, 0.2) is 52.1 Å². The van der Waals surface area contributed by atoms with Crippen LogP contribution in [0.3, 0.4) is 0 Å². The van der Waals surface area contributed by atoms with E-state index in [2.05, 4.69) is 4.98 Å². The molecule has 0 radical (unpaired) electrons. The van der Waals surface area contributed by atoms with E-state index in [0.29, 0.717) is 16.2 Å². The van der Waals surface area contributed by atoms with Gasteiger partial charge in [0, 0.05) is 12.6 Å². The van der Waals surface area contributed by atoms with Crippen molar-refractivity contribution < 1.29 is 18.0 Å². The van der Waals surface area contributed by atoms with Crippen molar-refractivity contribution in [2.75, 3.05) is 0 Å². The highest BCUT2D eigenvalue weighted by molar-refractivity contribution is 5.95. The van der Waals surface area contributed by atoms with Gasteiger partial charge in [0.25, 0.3) is 5.56 Å². The van der Waals surface area contributed by atoms with Crippen LogP contribution in [-0.2, 0) is 19.8 Å². The Morgan fingerprint density at radius 2 is 1.73 bits per heavy atom. The maximum Gasteiger partial charge on any atom is 0.433 e. The molecule has 9 heteroatoms. The lowest BCUT2D eigenvalue weighted by molar-refractivity contribution is -0.141. The number of rotatable bonds is 3. The summed E-state index contributed by atoms with van der Waals surface area (Å²) < 4.78 is 39.9. The van der Waals surface area contributed by atoms with E-state index in [-0.39, 0.29) is 5.39 Å². The molecule has 0 aliphatic heterocycles. The molecule has 3 aromatic rings. The lowest BCUT2D eigenvalue weighted by Crippen LogP contribution is -2.41. The number of carbonyl (C=O) groups excluding carboxylic acids is 1. The maximum absolute atomic E-state index is 12.8. The molecular formula is C17H12F3N3O3. The minimum Gasteiger partial charge on any atom is -0.292 e. The normalized spacial score (nSPS) is 11.7. The molecule has 26 heavy (non-hydrogen) atoms. The minimum atomic E-state index is -4.71. The number of alkyl halides is 3. The molecule has 1 aromatic carbocycles. The smallest absolute Gasteiger partial charge is 0.292 e. The summed E-state index contributed by atoms with van der Waals surface area (Å²) in [4.78, 5) is 40.6. The van der Waals surface area contributed by atoms with Crippen LogP contribution in [0, 0.1) is 0 Å². The number of pyridine rings is 1. The molecule has 0 bridgehead atoms. The summed E-state index contributed by atoms with van der Waals surface area (Å²) in [5, 5.41) is -0.180. The fraction of sp³-hybridized carbons (Fsp3) is 0.176. The van der Waals surface area contributed by atoms with Crippen LogP contribution in [0.5, 0.6) is 0 Å². The quantitative estimate of drug-likeness (QED) is 0.667. The lowest BCUT2D eigenvalue weighted by Gasteiger charge is -2.12. The highest BCUT2D eigenvalue weighted by Crippen LogP contribution is 2.28. The topological polar surface area (TPSA) is 74.0 Å². The number of ketones is 1. The summed E-state index contributed by atoms with van der Waals surface area (Å²) in [6.45, 7) is -0.521. The van der Waals surface area contributed by atoms with Crippen LogP contribution in [-0.4, -0.2) is 19.9 Å². The molecule has 134 valence electrons. The number of hydrogen-bond donors (Lipinski definition) is 0. The first-order valence-electron chi connectivity index (χ1n) is 7.46. The van der Waals surface area contributed by atoms with Crippen LogP contribution in [0.1, 0.15) is 16.1 Å². The Hall–Kier alpha value is -3.23. The molecule has 3 rings (SSSR count). The largest absolute Gasteiger partial charge is 0.433 e. The van der Waals surface area contributed by atoms with Gasteiger partial charge in [0.1, 0.15) is 11.3 Å². The molecule has 0 aliphatic rings. The lowest BCUT2D eigenvalue weighted by atomic mass is 10.1. The molecule has 2 heterocycles. The van der Waals surface area contributed by atoms with Gasteiger partial charge in [-0.25, -0.2) is 9.78 Å². The van der Waals surface area contributed by atoms with E-state index in [0.717, 1.165) is 10.6 Å². The number of aryl methyl sites for hydroxylation is 1. The second-order valence-corrected chi connectivity index (χ2v) is 5.59. The van der Waals surface area contributed by atoms with Crippen LogP contribution >= 0.6 is 0 Å². The van der Waals surface area contributed by atoms with Crippen LogP contribution in [0.4, 0.5) is 13.2 Å². The number of Topliss-reactive ketones (excluding diaryl/α,β-unsaturated/α-hetero) is 1. The van der Waals surface area contributed by atoms with Crippen molar-refractivity contribution in [2.45, 2.75) is 12.7 Å². The first-order valence-corrected chi connectivity index (χ1v) is 7.46. The second kappa shape index (κ2) is 6.25. The number of benzene rings is 1. The van der Waals surface area contributed by atoms with Gasteiger partial charge >= 0.3 is 11.9 Å².